The molecule has 2 N–H and O–H groups in total. The first-order valence-electron chi connectivity index (χ1n) is 9.75. The third-order valence-corrected chi connectivity index (χ3v) is 5.08. The molecule has 2 amide bonds. The van der Waals surface area contributed by atoms with E-state index in [-0.39, 0.29) is 29.2 Å². The highest BCUT2D eigenvalue weighted by molar-refractivity contribution is 5.94. The summed E-state index contributed by atoms with van der Waals surface area (Å²) in [5, 5.41) is 0. The Morgan fingerprint density at radius 3 is 2.50 bits per heavy atom. The van der Waals surface area contributed by atoms with Crippen LogP contribution in [0.3, 0.4) is 0 Å². The van der Waals surface area contributed by atoms with E-state index >= 15 is 0 Å². The van der Waals surface area contributed by atoms with Crippen LogP contribution in [0.4, 0.5) is 13.2 Å². The van der Waals surface area contributed by atoms with Gasteiger partial charge in [-0.25, -0.2) is 0 Å². The molecule has 5 nitrogen and oxygen atoms in total. The number of rotatable bonds is 6. The molecule has 160 valence electrons. The fourth-order valence-corrected chi connectivity index (χ4v) is 3.58. The number of carbonyl (C=O) groups excluding carboxylic acids is 2. The van der Waals surface area contributed by atoms with Gasteiger partial charge >= 0.3 is 6.18 Å². The van der Waals surface area contributed by atoms with Gasteiger partial charge in [0.15, 0.2) is 0 Å². The largest absolute Gasteiger partial charge is 0.457 e. The molecule has 1 fully saturated rings. The minimum Gasteiger partial charge on any atom is -0.457 e. The van der Waals surface area contributed by atoms with Crippen LogP contribution in [0.15, 0.2) is 48.5 Å². The van der Waals surface area contributed by atoms with Gasteiger partial charge in [-0.15, -0.1) is 0 Å². The number of halogens is 3. The summed E-state index contributed by atoms with van der Waals surface area (Å²) in [4.78, 5) is 25.6. The van der Waals surface area contributed by atoms with Gasteiger partial charge in [-0.2, -0.15) is 13.2 Å². The molecule has 0 aliphatic carbocycles. The Labute approximate surface area is 172 Å². The van der Waals surface area contributed by atoms with Crippen LogP contribution in [0.25, 0.3) is 0 Å². The van der Waals surface area contributed by atoms with Gasteiger partial charge < -0.3 is 15.4 Å². The second kappa shape index (κ2) is 9.19. The van der Waals surface area contributed by atoms with Gasteiger partial charge in [0, 0.05) is 25.1 Å². The summed E-state index contributed by atoms with van der Waals surface area (Å²) in [5.41, 5.74) is 4.81. The van der Waals surface area contributed by atoms with Crippen molar-refractivity contribution in [1.29, 1.82) is 0 Å². The molecule has 1 unspecified atom stereocenters. The highest BCUT2D eigenvalue weighted by Crippen LogP contribution is 2.33. The van der Waals surface area contributed by atoms with Crippen molar-refractivity contribution in [3.8, 4) is 11.5 Å². The summed E-state index contributed by atoms with van der Waals surface area (Å²) in [6.07, 6.45) is -1.73. The number of carbonyl (C=O) groups is 2. The highest BCUT2D eigenvalue weighted by atomic mass is 19.4. The minimum absolute atomic E-state index is 0.0407. The van der Waals surface area contributed by atoms with E-state index in [4.69, 9.17) is 10.5 Å². The zero-order chi connectivity index (χ0) is 21.7. The monoisotopic (exact) mass is 420 g/mol. The van der Waals surface area contributed by atoms with Gasteiger partial charge in [0.2, 0.25) is 5.91 Å². The third-order valence-electron chi connectivity index (χ3n) is 5.08. The Morgan fingerprint density at radius 2 is 1.80 bits per heavy atom. The SMILES string of the molecule is NC(=O)CCC1CCCN(C(=O)c2cccc(Oc3cccc(C(F)(F)F)c3)c2)C1. The molecular weight excluding hydrogens is 397 g/mol. The van der Waals surface area contributed by atoms with Gasteiger partial charge in [0.05, 0.1) is 5.56 Å². The van der Waals surface area contributed by atoms with Crippen molar-refractivity contribution in [2.24, 2.45) is 11.7 Å². The molecule has 2 aromatic carbocycles. The number of ether oxygens (including phenoxy) is 1. The maximum atomic E-state index is 12.9. The van der Waals surface area contributed by atoms with Crippen molar-refractivity contribution in [3.05, 3.63) is 59.7 Å². The first-order valence-corrected chi connectivity index (χ1v) is 9.75. The second-order valence-corrected chi connectivity index (χ2v) is 7.42. The number of likely N-dealkylation sites (tertiary alicyclic amines) is 1. The molecular formula is C22H23F3N2O3. The van der Waals surface area contributed by atoms with Gasteiger partial charge in [-0.3, -0.25) is 9.59 Å². The summed E-state index contributed by atoms with van der Waals surface area (Å²) >= 11 is 0. The Kier molecular flexibility index (Phi) is 6.64. The quantitative estimate of drug-likeness (QED) is 0.742. The lowest BCUT2D eigenvalue weighted by Gasteiger charge is -2.32. The zero-order valence-corrected chi connectivity index (χ0v) is 16.3. The topological polar surface area (TPSA) is 72.6 Å². The first kappa shape index (κ1) is 21.7. The predicted octanol–water partition coefficient (Wildman–Crippen LogP) is 4.62. The fourth-order valence-electron chi connectivity index (χ4n) is 3.58. The van der Waals surface area contributed by atoms with E-state index in [0.717, 1.165) is 25.0 Å². The van der Waals surface area contributed by atoms with Gasteiger partial charge in [-0.05, 0) is 61.6 Å². The standard InChI is InChI=1S/C22H23F3N2O3/c23-22(24,25)17-6-2-8-19(13-17)30-18-7-1-5-16(12-18)21(29)27-11-3-4-15(14-27)9-10-20(26)28/h1-2,5-8,12-13,15H,3-4,9-11,14H2,(H2,26,28). The zero-order valence-electron chi connectivity index (χ0n) is 16.3. The third kappa shape index (κ3) is 5.75. The molecule has 1 heterocycles. The average Bonchev–Trinajstić information content (AvgIpc) is 2.72. The molecule has 0 saturated carbocycles. The van der Waals surface area contributed by atoms with Crippen LogP contribution in [0, 0.1) is 5.92 Å². The fraction of sp³-hybridized carbons (Fsp3) is 0.364. The van der Waals surface area contributed by atoms with Gasteiger partial charge in [-0.1, -0.05) is 12.1 Å². The van der Waals surface area contributed by atoms with Crippen molar-refractivity contribution >= 4 is 11.8 Å². The van der Waals surface area contributed by atoms with E-state index in [1.54, 1.807) is 23.1 Å². The van der Waals surface area contributed by atoms with Crippen LogP contribution in [-0.2, 0) is 11.0 Å². The molecule has 0 spiro atoms. The maximum absolute atomic E-state index is 12.9. The summed E-state index contributed by atoms with van der Waals surface area (Å²) in [6.45, 7) is 1.16. The number of alkyl halides is 3. The van der Waals surface area contributed by atoms with Crippen LogP contribution in [0.2, 0.25) is 0 Å². The minimum atomic E-state index is -4.46. The van der Waals surface area contributed by atoms with E-state index in [9.17, 15) is 22.8 Å². The summed E-state index contributed by atoms with van der Waals surface area (Å²) in [5.74, 6) is 0.0206. The van der Waals surface area contributed by atoms with Crippen molar-refractivity contribution < 1.29 is 27.5 Å². The van der Waals surface area contributed by atoms with E-state index in [0.29, 0.717) is 31.5 Å². The Bertz CT molecular complexity index is 914. The number of primary amides is 1. The number of hydrogen-bond donors (Lipinski definition) is 1. The molecule has 1 aliphatic heterocycles. The molecule has 0 radical (unpaired) electrons. The summed E-state index contributed by atoms with van der Waals surface area (Å²) in [7, 11) is 0. The Balaban J connectivity index is 1.69. The maximum Gasteiger partial charge on any atom is 0.416 e. The molecule has 1 saturated heterocycles. The van der Waals surface area contributed by atoms with Crippen molar-refractivity contribution in [2.45, 2.75) is 31.9 Å². The average molecular weight is 420 g/mol. The molecule has 3 rings (SSSR count). The predicted molar refractivity (Wildman–Crippen MR) is 105 cm³/mol. The van der Waals surface area contributed by atoms with Crippen molar-refractivity contribution in [1.82, 2.24) is 4.90 Å². The van der Waals surface area contributed by atoms with E-state index in [1.165, 1.54) is 18.2 Å². The number of nitrogens with two attached hydrogens (primary N) is 1. The van der Waals surface area contributed by atoms with Gasteiger partial charge in [0.1, 0.15) is 11.5 Å². The lowest BCUT2D eigenvalue weighted by Crippen LogP contribution is -2.40. The number of amides is 2. The van der Waals surface area contributed by atoms with Gasteiger partial charge in [0.25, 0.3) is 5.91 Å². The molecule has 8 heteroatoms. The smallest absolute Gasteiger partial charge is 0.416 e. The Morgan fingerprint density at radius 1 is 1.10 bits per heavy atom. The summed E-state index contributed by atoms with van der Waals surface area (Å²) < 4.78 is 44.2. The number of hydrogen-bond acceptors (Lipinski definition) is 3. The lowest BCUT2D eigenvalue weighted by molar-refractivity contribution is -0.137. The number of benzene rings is 2. The van der Waals surface area contributed by atoms with Crippen LogP contribution in [0.1, 0.15) is 41.6 Å². The molecule has 0 aromatic heterocycles. The lowest BCUT2D eigenvalue weighted by atomic mass is 9.93. The molecule has 2 aromatic rings. The molecule has 1 aliphatic rings. The molecule has 0 bridgehead atoms. The second-order valence-electron chi connectivity index (χ2n) is 7.42. The number of nitrogens with zero attached hydrogens (tertiary/aromatic N) is 1. The molecule has 1 atom stereocenters. The van der Waals surface area contributed by atoms with Crippen molar-refractivity contribution in [2.75, 3.05) is 13.1 Å². The normalized spacial score (nSPS) is 16.9. The highest BCUT2D eigenvalue weighted by Gasteiger charge is 2.30. The van der Waals surface area contributed by atoms with Crippen molar-refractivity contribution in [3.63, 3.8) is 0 Å². The summed E-state index contributed by atoms with van der Waals surface area (Å²) in [6, 6.07) is 11.0. The molecule has 30 heavy (non-hydrogen) atoms. The Hall–Kier alpha value is -3.03. The van der Waals surface area contributed by atoms with Crippen LogP contribution < -0.4 is 10.5 Å². The van der Waals surface area contributed by atoms with E-state index < -0.39 is 11.7 Å². The van der Waals surface area contributed by atoms with Crippen LogP contribution >= 0.6 is 0 Å². The van der Waals surface area contributed by atoms with E-state index in [2.05, 4.69) is 0 Å². The van der Waals surface area contributed by atoms with Crippen LogP contribution in [0.5, 0.6) is 11.5 Å². The van der Waals surface area contributed by atoms with Crippen LogP contribution in [-0.4, -0.2) is 29.8 Å². The van der Waals surface area contributed by atoms with E-state index in [1.807, 2.05) is 0 Å². The number of piperidine rings is 1. The first-order chi connectivity index (χ1) is 14.2.